The van der Waals surface area contributed by atoms with Crippen LogP contribution in [-0.4, -0.2) is 56.6 Å². The summed E-state index contributed by atoms with van der Waals surface area (Å²) in [6.45, 7) is 7.66. The van der Waals surface area contributed by atoms with E-state index in [4.69, 9.17) is 0 Å². The Morgan fingerprint density at radius 1 is 1.20 bits per heavy atom. The van der Waals surface area contributed by atoms with Crippen molar-refractivity contribution in [3.63, 3.8) is 0 Å². The first-order valence-electron chi connectivity index (χ1n) is 7.44. The molecule has 2 unspecified atom stereocenters. The number of benzene rings is 1. The lowest BCUT2D eigenvalue weighted by molar-refractivity contribution is 0.130. The summed E-state index contributed by atoms with van der Waals surface area (Å²) in [5.41, 5.74) is 0.775. The Labute approximate surface area is 121 Å². The molecule has 1 aromatic rings. The van der Waals surface area contributed by atoms with Gasteiger partial charge in [0.25, 0.3) is 0 Å². The molecule has 3 nitrogen and oxygen atoms in total. The number of likely N-dealkylation sites (N-methyl/N-ethyl adjacent to an activating group) is 1. The Balaban J connectivity index is 1.99. The van der Waals surface area contributed by atoms with Crippen LogP contribution in [-0.2, 0) is 0 Å². The molecule has 0 aromatic heterocycles. The largest absolute Gasteiger partial charge is 0.313 e. The Hall–Kier alpha value is -0.970. The fourth-order valence-electron chi connectivity index (χ4n) is 3.02. The van der Waals surface area contributed by atoms with E-state index < -0.39 is 0 Å². The van der Waals surface area contributed by atoms with Crippen molar-refractivity contribution >= 4 is 0 Å². The SMILES string of the molecule is CNC(c1ccccc1F)C(C)CN1CCN(C)CC1. The number of nitrogens with zero attached hydrogens (tertiary/aromatic N) is 2. The van der Waals surface area contributed by atoms with E-state index >= 15 is 0 Å². The van der Waals surface area contributed by atoms with Crippen molar-refractivity contribution < 1.29 is 4.39 Å². The molecule has 20 heavy (non-hydrogen) atoms. The Morgan fingerprint density at radius 2 is 1.85 bits per heavy atom. The average Bonchev–Trinajstić information content (AvgIpc) is 2.44. The van der Waals surface area contributed by atoms with E-state index in [-0.39, 0.29) is 11.9 Å². The van der Waals surface area contributed by atoms with Gasteiger partial charge in [-0.15, -0.1) is 0 Å². The van der Waals surface area contributed by atoms with Crippen LogP contribution in [0.4, 0.5) is 4.39 Å². The second-order valence-electron chi connectivity index (χ2n) is 5.87. The zero-order chi connectivity index (χ0) is 14.5. The quantitative estimate of drug-likeness (QED) is 0.889. The highest BCUT2D eigenvalue weighted by atomic mass is 19.1. The highest BCUT2D eigenvalue weighted by Crippen LogP contribution is 2.25. The maximum Gasteiger partial charge on any atom is 0.127 e. The molecule has 1 N–H and O–H groups in total. The predicted octanol–water partition coefficient (Wildman–Crippen LogP) is 1.97. The number of hydrogen-bond donors (Lipinski definition) is 1. The lowest BCUT2D eigenvalue weighted by Crippen LogP contribution is -2.47. The standard InChI is InChI=1S/C16H26FN3/c1-13(12-20-10-8-19(3)9-11-20)16(18-2)14-6-4-5-7-15(14)17/h4-7,13,16,18H,8-12H2,1-3H3. The average molecular weight is 279 g/mol. The van der Waals surface area contributed by atoms with Gasteiger partial charge in [0, 0.05) is 44.3 Å². The smallest absolute Gasteiger partial charge is 0.127 e. The van der Waals surface area contributed by atoms with E-state index in [1.807, 2.05) is 19.2 Å². The minimum Gasteiger partial charge on any atom is -0.313 e. The molecule has 1 fully saturated rings. The molecule has 0 amide bonds. The van der Waals surface area contributed by atoms with Crippen molar-refractivity contribution in [3.8, 4) is 0 Å². The van der Waals surface area contributed by atoms with E-state index in [9.17, 15) is 4.39 Å². The summed E-state index contributed by atoms with van der Waals surface area (Å²) in [6, 6.07) is 7.15. The first-order chi connectivity index (χ1) is 9.61. The van der Waals surface area contributed by atoms with Gasteiger partial charge in [-0.2, -0.15) is 0 Å². The maximum absolute atomic E-state index is 14.0. The molecule has 1 saturated heterocycles. The zero-order valence-corrected chi connectivity index (χ0v) is 12.8. The summed E-state index contributed by atoms with van der Waals surface area (Å²) in [6.07, 6.45) is 0. The molecule has 1 heterocycles. The van der Waals surface area contributed by atoms with Crippen molar-refractivity contribution in [2.75, 3.05) is 46.8 Å². The summed E-state index contributed by atoms with van der Waals surface area (Å²) < 4.78 is 14.0. The Bertz CT molecular complexity index is 416. The van der Waals surface area contributed by atoms with E-state index in [0.29, 0.717) is 5.92 Å². The zero-order valence-electron chi connectivity index (χ0n) is 12.8. The Morgan fingerprint density at radius 3 is 2.45 bits per heavy atom. The third kappa shape index (κ3) is 3.78. The van der Waals surface area contributed by atoms with Crippen LogP contribution in [0.3, 0.4) is 0 Å². The Kier molecular flexibility index (Phi) is 5.52. The van der Waals surface area contributed by atoms with Crippen LogP contribution in [0.1, 0.15) is 18.5 Å². The summed E-state index contributed by atoms with van der Waals surface area (Å²) in [7, 11) is 4.08. The molecule has 1 aliphatic rings. The second kappa shape index (κ2) is 7.16. The lowest BCUT2D eigenvalue weighted by Gasteiger charge is -2.36. The van der Waals surface area contributed by atoms with E-state index in [0.717, 1.165) is 38.3 Å². The van der Waals surface area contributed by atoms with Gasteiger partial charge in [-0.1, -0.05) is 25.1 Å². The van der Waals surface area contributed by atoms with Crippen LogP contribution < -0.4 is 5.32 Å². The number of halogens is 1. The monoisotopic (exact) mass is 279 g/mol. The van der Waals surface area contributed by atoms with Gasteiger partial charge in [0.05, 0.1) is 0 Å². The molecule has 0 bridgehead atoms. The van der Waals surface area contributed by atoms with Crippen molar-refractivity contribution in [1.29, 1.82) is 0 Å². The van der Waals surface area contributed by atoms with Crippen LogP contribution in [0.2, 0.25) is 0 Å². The third-order valence-electron chi connectivity index (χ3n) is 4.26. The number of hydrogen-bond acceptors (Lipinski definition) is 3. The molecule has 0 radical (unpaired) electrons. The summed E-state index contributed by atoms with van der Waals surface area (Å²) in [4.78, 5) is 4.84. The molecule has 0 aliphatic carbocycles. The van der Waals surface area contributed by atoms with Gasteiger partial charge in [-0.25, -0.2) is 4.39 Å². The van der Waals surface area contributed by atoms with Crippen LogP contribution >= 0.6 is 0 Å². The van der Waals surface area contributed by atoms with Gasteiger partial charge < -0.3 is 15.1 Å². The van der Waals surface area contributed by atoms with Gasteiger partial charge in [-0.05, 0) is 26.1 Å². The fraction of sp³-hybridized carbons (Fsp3) is 0.625. The molecular formula is C16H26FN3. The summed E-state index contributed by atoms with van der Waals surface area (Å²) in [5.74, 6) is 0.261. The van der Waals surface area contributed by atoms with E-state index in [1.165, 1.54) is 0 Å². The van der Waals surface area contributed by atoms with Crippen LogP contribution in [0, 0.1) is 11.7 Å². The second-order valence-corrected chi connectivity index (χ2v) is 5.87. The van der Waals surface area contributed by atoms with Crippen molar-refractivity contribution in [2.24, 2.45) is 5.92 Å². The van der Waals surface area contributed by atoms with Crippen LogP contribution in [0.25, 0.3) is 0 Å². The molecule has 4 heteroatoms. The number of rotatable bonds is 5. The first kappa shape index (κ1) is 15.4. The molecule has 112 valence electrons. The van der Waals surface area contributed by atoms with Gasteiger partial charge in [-0.3, -0.25) is 0 Å². The predicted molar refractivity (Wildman–Crippen MR) is 81.3 cm³/mol. The van der Waals surface area contributed by atoms with Gasteiger partial charge in [0.15, 0.2) is 0 Å². The minimum absolute atomic E-state index is 0.0656. The van der Waals surface area contributed by atoms with Crippen molar-refractivity contribution in [2.45, 2.75) is 13.0 Å². The van der Waals surface area contributed by atoms with Crippen molar-refractivity contribution in [1.82, 2.24) is 15.1 Å². The number of nitrogens with one attached hydrogen (secondary N) is 1. The highest BCUT2D eigenvalue weighted by Gasteiger charge is 2.24. The first-order valence-corrected chi connectivity index (χ1v) is 7.44. The third-order valence-corrected chi connectivity index (χ3v) is 4.26. The molecule has 0 saturated carbocycles. The van der Waals surface area contributed by atoms with Crippen molar-refractivity contribution in [3.05, 3.63) is 35.6 Å². The van der Waals surface area contributed by atoms with Gasteiger partial charge in [0.1, 0.15) is 5.82 Å². The molecule has 1 aromatic carbocycles. The lowest BCUT2D eigenvalue weighted by atomic mass is 9.93. The molecular weight excluding hydrogens is 253 g/mol. The molecule has 0 spiro atoms. The molecule has 2 atom stereocenters. The maximum atomic E-state index is 14.0. The molecule has 2 rings (SSSR count). The summed E-state index contributed by atoms with van der Waals surface area (Å²) >= 11 is 0. The normalized spacial score (nSPS) is 20.8. The van der Waals surface area contributed by atoms with Crippen LogP contribution in [0.5, 0.6) is 0 Å². The fourth-order valence-corrected chi connectivity index (χ4v) is 3.02. The van der Waals surface area contributed by atoms with E-state index in [1.54, 1.807) is 12.1 Å². The summed E-state index contributed by atoms with van der Waals surface area (Å²) in [5, 5.41) is 3.28. The number of piperazine rings is 1. The van der Waals surface area contributed by atoms with Gasteiger partial charge >= 0.3 is 0 Å². The topological polar surface area (TPSA) is 18.5 Å². The van der Waals surface area contributed by atoms with Crippen LogP contribution in [0.15, 0.2) is 24.3 Å². The molecule has 1 aliphatic heterocycles. The highest BCUT2D eigenvalue weighted by molar-refractivity contribution is 5.21. The minimum atomic E-state index is -0.114. The van der Waals surface area contributed by atoms with E-state index in [2.05, 4.69) is 29.1 Å². The van der Waals surface area contributed by atoms with Gasteiger partial charge in [0.2, 0.25) is 0 Å².